The maximum atomic E-state index is 13.6. The second-order valence-electron chi connectivity index (χ2n) is 10.4. The van der Waals surface area contributed by atoms with Crippen LogP contribution >= 0.6 is 11.6 Å². The average molecular weight is 589 g/mol. The smallest absolute Gasteiger partial charge is 0.255 e. The van der Waals surface area contributed by atoms with Crippen LogP contribution in [0, 0.1) is 29.3 Å². The van der Waals surface area contributed by atoms with E-state index in [9.17, 15) is 41.4 Å². The van der Waals surface area contributed by atoms with Crippen molar-refractivity contribution < 1.29 is 41.4 Å². The number of fused-ring (bicyclic) bond motifs is 2. The fraction of sp³-hybridized carbons (Fsp3) is 0.462. The molecule has 8 nitrogen and oxygen atoms in total. The van der Waals surface area contributed by atoms with Gasteiger partial charge in [0.2, 0.25) is 5.91 Å². The summed E-state index contributed by atoms with van der Waals surface area (Å²) in [5, 5.41) is 22.2. The van der Waals surface area contributed by atoms with Gasteiger partial charge in [-0.3, -0.25) is 9.59 Å². The Morgan fingerprint density at radius 1 is 1.13 bits per heavy atom. The highest BCUT2D eigenvalue weighted by Crippen LogP contribution is 2.56. The van der Waals surface area contributed by atoms with Gasteiger partial charge in [0, 0.05) is 36.9 Å². The van der Waals surface area contributed by atoms with Crippen LogP contribution in [0.4, 0.5) is 18.9 Å². The summed E-state index contributed by atoms with van der Waals surface area (Å²) in [6.45, 7) is 2.89. The minimum absolute atomic E-state index is 0.0175. The molecule has 3 aliphatic rings. The van der Waals surface area contributed by atoms with Crippen molar-refractivity contribution in [3.63, 3.8) is 0 Å². The molecule has 2 aromatic carbocycles. The summed E-state index contributed by atoms with van der Waals surface area (Å²) < 4.78 is 67.4. The normalized spacial score (nSPS) is 25.0. The van der Waals surface area contributed by atoms with Gasteiger partial charge < -0.3 is 20.4 Å². The summed E-state index contributed by atoms with van der Waals surface area (Å²) in [5.74, 6) is -6.71. The molecule has 3 N–H and O–H groups in total. The van der Waals surface area contributed by atoms with Crippen molar-refractivity contribution in [3.05, 3.63) is 58.4 Å². The molecular weight excluding hydrogens is 561 g/mol. The van der Waals surface area contributed by atoms with E-state index in [4.69, 9.17) is 11.6 Å². The Hall–Kier alpha value is -2.67. The molecule has 2 aromatic rings. The molecule has 2 amide bonds. The number of carbonyl (C=O) groups excluding carboxylic acids is 2. The quantitative estimate of drug-likeness (QED) is 0.405. The number of aliphatic hydroxyl groups excluding tert-OH is 1. The zero-order chi connectivity index (χ0) is 28.9. The van der Waals surface area contributed by atoms with E-state index in [1.807, 2.05) is 0 Å². The number of benzene rings is 2. The van der Waals surface area contributed by atoms with Crippen molar-refractivity contribution in [3.8, 4) is 0 Å². The zero-order valence-corrected chi connectivity index (χ0v) is 22.7. The van der Waals surface area contributed by atoms with Crippen LogP contribution in [0.25, 0.3) is 0 Å². The fourth-order valence-electron chi connectivity index (χ4n) is 5.57. The Morgan fingerprint density at radius 3 is 2.26 bits per heavy atom. The lowest BCUT2D eigenvalue weighted by Gasteiger charge is -2.59. The first-order valence-corrected chi connectivity index (χ1v) is 14.2. The molecule has 3 atom stereocenters. The van der Waals surface area contributed by atoms with E-state index in [2.05, 4.69) is 5.32 Å². The first-order valence-electron chi connectivity index (χ1n) is 12.3. The van der Waals surface area contributed by atoms with Crippen molar-refractivity contribution in [2.24, 2.45) is 11.8 Å². The molecule has 0 aliphatic heterocycles. The third-order valence-electron chi connectivity index (χ3n) is 7.63. The number of anilines is 1. The highest BCUT2D eigenvalue weighted by atomic mass is 35.5. The summed E-state index contributed by atoms with van der Waals surface area (Å²) in [4.78, 5) is 25.8. The molecule has 39 heavy (non-hydrogen) atoms. The second-order valence-corrected chi connectivity index (χ2v) is 13.0. The van der Waals surface area contributed by atoms with E-state index in [1.165, 1.54) is 30.9 Å². The maximum Gasteiger partial charge on any atom is 0.255 e. The van der Waals surface area contributed by atoms with Crippen LogP contribution in [0.1, 0.15) is 43.5 Å². The van der Waals surface area contributed by atoms with Gasteiger partial charge in [-0.05, 0) is 56.2 Å². The standard InChI is InChI=1S/C26H28ClF3N2O6S/c1-13(33)11-32(14(2)34)12-26(36)16-6-17(26)8-19(7-16)39(37,38)23-5-15(3-4-20(23)27)25(35)31-18-9-21(28)24(30)22(29)10-18/h3-5,9-10,13,16-17,19,33,36H,6-8,11-12H2,1-2H3,(H,31,35)/t13-,16?,17?,19?,26?/m1/s1. The molecule has 3 fully saturated rings. The Kier molecular flexibility index (Phi) is 8.06. The number of rotatable bonds is 8. The molecule has 2 bridgehead atoms. The molecule has 0 heterocycles. The minimum Gasteiger partial charge on any atom is -0.392 e. The van der Waals surface area contributed by atoms with Gasteiger partial charge in [0.15, 0.2) is 27.3 Å². The topological polar surface area (TPSA) is 124 Å². The molecule has 13 heteroatoms. The Morgan fingerprint density at radius 2 is 1.72 bits per heavy atom. The van der Waals surface area contributed by atoms with Gasteiger partial charge in [-0.1, -0.05) is 11.6 Å². The Balaban J connectivity index is 1.52. The van der Waals surface area contributed by atoms with Gasteiger partial charge in [-0.2, -0.15) is 0 Å². The molecule has 0 spiro atoms. The van der Waals surface area contributed by atoms with Gasteiger partial charge in [0.25, 0.3) is 5.91 Å². The number of hydrogen-bond donors (Lipinski definition) is 3. The van der Waals surface area contributed by atoms with E-state index < -0.39 is 62.0 Å². The van der Waals surface area contributed by atoms with Crippen molar-refractivity contribution in [2.45, 2.75) is 55.0 Å². The van der Waals surface area contributed by atoms with Crippen molar-refractivity contribution in [2.75, 3.05) is 18.4 Å². The van der Waals surface area contributed by atoms with Crippen molar-refractivity contribution >= 4 is 38.9 Å². The van der Waals surface area contributed by atoms with E-state index >= 15 is 0 Å². The number of amides is 2. The Bertz CT molecular complexity index is 1390. The predicted molar refractivity (Wildman–Crippen MR) is 136 cm³/mol. The first kappa shape index (κ1) is 29.3. The van der Waals surface area contributed by atoms with Crippen molar-refractivity contribution in [1.82, 2.24) is 4.90 Å². The van der Waals surface area contributed by atoms with E-state index in [0.29, 0.717) is 18.6 Å². The fourth-order valence-corrected chi connectivity index (χ4v) is 7.97. The number of halogens is 4. The van der Waals surface area contributed by atoms with Gasteiger partial charge in [0.1, 0.15) is 0 Å². The number of carbonyl (C=O) groups is 2. The number of sulfone groups is 1. The summed E-state index contributed by atoms with van der Waals surface area (Å²) in [7, 11) is -4.07. The maximum absolute atomic E-state index is 13.6. The highest BCUT2D eigenvalue weighted by molar-refractivity contribution is 7.92. The number of nitrogens with one attached hydrogen (secondary N) is 1. The molecule has 0 radical (unpaired) electrons. The molecular formula is C26H28ClF3N2O6S. The minimum atomic E-state index is -4.07. The predicted octanol–water partition coefficient (Wildman–Crippen LogP) is 3.54. The summed E-state index contributed by atoms with van der Waals surface area (Å²) in [6, 6.07) is 4.70. The molecule has 212 valence electrons. The average Bonchev–Trinajstić information content (AvgIpc) is 2.86. The molecule has 2 unspecified atom stereocenters. The van der Waals surface area contributed by atoms with Crippen LogP contribution in [-0.2, 0) is 14.6 Å². The van der Waals surface area contributed by atoms with Crippen LogP contribution in [0.2, 0.25) is 5.02 Å². The molecule has 3 saturated carbocycles. The van der Waals surface area contributed by atoms with Crippen LogP contribution in [-0.4, -0.2) is 65.4 Å². The van der Waals surface area contributed by atoms with Gasteiger partial charge >= 0.3 is 0 Å². The second kappa shape index (κ2) is 10.7. The monoisotopic (exact) mass is 588 g/mol. The summed E-state index contributed by atoms with van der Waals surface area (Å²) in [5.41, 5.74) is -1.80. The number of aliphatic hydroxyl groups is 2. The third-order valence-corrected chi connectivity index (χ3v) is 10.3. The lowest BCUT2D eigenvalue weighted by atomic mass is 9.53. The van der Waals surface area contributed by atoms with Crippen LogP contribution in [0.5, 0.6) is 0 Å². The SMILES string of the molecule is CC(=O)N(C[C@@H](C)O)CC1(O)C2CC1CC(S(=O)(=O)c1cc(C(=O)Nc3cc(F)c(F)c(F)c3)ccc1Cl)C2. The van der Waals surface area contributed by atoms with Crippen LogP contribution < -0.4 is 5.32 Å². The van der Waals surface area contributed by atoms with Crippen LogP contribution in [0.15, 0.2) is 35.2 Å². The van der Waals surface area contributed by atoms with Gasteiger partial charge in [-0.25, -0.2) is 21.6 Å². The number of nitrogens with zero attached hydrogens (tertiary/aromatic N) is 1. The Labute approximate surface area is 228 Å². The first-order chi connectivity index (χ1) is 18.1. The summed E-state index contributed by atoms with van der Waals surface area (Å²) in [6.07, 6.45) is 0.00950. The van der Waals surface area contributed by atoms with Gasteiger partial charge in [-0.15, -0.1) is 0 Å². The van der Waals surface area contributed by atoms with E-state index in [0.717, 1.165) is 6.07 Å². The van der Waals surface area contributed by atoms with Crippen molar-refractivity contribution in [1.29, 1.82) is 0 Å². The molecule has 5 rings (SSSR count). The third kappa shape index (κ3) is 5.65. The lowest BCUT2D eigenvalue weighted by molar-refractivity contribution is -0.190. The van der Waals surface area contributed by atoms with Crippen LogP contribution in [0.3, 0.4) is 0 Å². The molecule has 0 saturated heterocycles. The zero-order valence-electron chi connectivity index (χ0n) is 21.1. The van der Waals surface area contributed by atoms with Gasteiger partial charge in [0.05, 0.1) is 33.4 Å². The van der Waals surface area contributed by atoms with E-state index in [1.54, 1.807) is 0 Å². The largest absolute Gasteiger partial charge is 0.392 e. The summed E-state index contributed by atoms with van der Waals surface area (Å²) >= 11 is 6.21. The lowest BCUT2D eigenvalue weighted by Crippen LogP contribution is -2.66. The molecule has 0 aromatic heterocycles. The van der Waals surface area contributed by atoms with E-state index in [-0.39, 0.29) is 53.0 Å². The number of hydrogen-bond acceptors (Lipinski definition) is 6. The molecule has 3 aliphatic carbocycles. The highest BCUT2D eigenvalue weighted by Gasteiger charge is 2.60.